The molecule has 0 unspecified atom stereocenters. The first-order valence-electron chi connectivity index (χ1n) is 12.7. The molecule has 2 fully saturated rings. The Morgan fingerprint density at radius 2 is 1.56 bits per heavy atom. The molecule has 0 radical (unpaired) electrons. The van der Waals surface area contributed by atoms with Crippen LogP contribution in [0.1, 0.15) is 54.6 Å². The molecule has 34 heavy (non-hydrogen) atoms. The van der Waals surface area contributed by atoms with Crippen LogP contribution in [0.25, 0.3) is 11.8 Å². The smallest absolute Gasteiger partial charge is 0.176 e. The van der Waals surface area contributed by atoms with Crippen molar-refractivity contribution in [1.82, 2.24) is 30.0 Å². The van der Waals surface area contributed by atoms with Gasteiger partial charge < -0.3 is 0 Å². The lowest BCUT2D eigenvalue weighted by molar-refractivity contribution is -0.000403. The van der Waals surface area contributed by atoms with Gasteiger partial charge in [0.2, 0.25) is 0 Å². The molecule has 6 nitrogen and oxygen atoms in total. The zero-order valence-electron chi connectivity index (χ0n) is 20.5. The summed E-state index contributed by atoms with van der Waals surface area (Å²) in [5.74, 6) is 1.03. The van der Waals surface area contributed by atoms with Gasteiger partial charge in [0, 0.05) is 32.7 Å². The van der Waals surface area contributed by atoms with E-state index in [1.54, 1.807) is 0 Å². The first-order chi connectivity index (χ1) is 16.7. The van der Waals surface area contributed by atoms with Crippen molar-refractivity contribution in [3.05, 3.63) is 77.1 Å². The second-order valence-corrected chi connectivity index (χ2v) is 9.85. The molecule has 1 aromatic heterocycles. The van der Waals surface area contributed by atoms with E-state index in [-0.39, 0.29) is 5.54 Å². The highest BCUT2D eigenvalue weighted by atomic mass is 15.6. The fraction of sp³-hybridized carbons (Fsp3) is 0.464. The summed E-state index contributed by atoms with van der Waals surface area (Å²) in [7, 11) is 0. The molecule has 5 rings (SSSR count). The lowest BCUT2D eigenvalue weighted by atomic mass is 9.79. The zero-order chi connectivity index (χ0) is 23.4. The van der Waals surface area contributed by atoms with Crippen molar-refractivity contribution in [2.24, 2.45) is 0 Å². The number of para-hydroxylation sites is 1. The van der Waals surface area contributed by atoms with Gasteiger partial charge in [-0.2, -0.15) is 4.68 Å². The van der Waals surface area contributed by atoms with Gasteiger partial charge >= 0.3 is 0 Å². The SMILES string of the molecule is Cc1cccc(C)c1-n1nnnc1C1(N2CCN(C/C=C/c3ccccc3)CC2)CCCCC1. The second-order valence-electron chi connectivity index (χ2n) is 9.85. The number of nitrogens with zero attached hydrogens (tertiary/aromatic N) is 6. The van der Waals surface area contributed by atoms with Crippen molar-refractivity contribution in [2.75, 3.05) is 32.7 Å². The number of aromatic nitrogens is 4. The summed E-state index contributed by atoms with van der Waals surface area (Å²) >= 11 is 0. The standard InChI is InChI=1S/C28H36N6/c1-23-11-9-12-24(2)26(23)34-27(29-30-31-34)28(16-7-4-8-17-28)33-21-19-32(20-22-33)18-10-15-25-13-5-3-6-14-25/h3,5-6,9-15H,4,7-8,16-22H2,1-2H3/b15-10+. The van der Waals surface area contributed by atoms with Crippen molar-refractivity contribution < 1.29 is 0 Å². The van der Waals surface area contributed by atoms with Crippen LogP contribution in [0, 0.1) is 13.8 Å². The molecule has 2 heterocycles. The van der Waals surface area contributed by atoms with E-state index >= 15 is 0 Å². The predicted octanol–water partition coefficient (Wildman–Crippen LogP) is 4.77. The van der Waals surface area contributed by atoms with Gasteiger partial charge in [-0.1, -0.05) is 79.9 Å². The normalized spacial score (nSPS) is 19.6. The molecule has 6 heteroatoms. The topological polar surface area (TPSA) is 50.1 Å². The fourth-order valence-electron chi connectivity index (χ4n) is 5.85. The average molecular weight is 457 g/mol. The highest BCUT2D eigenvalue weighted by molar-refractivity contribution is 5.49. The lowest BCUT2D eigenvalue weighted by Crippen LogP contribution is -2.57. The van der Waals surface area contributed by atoms with Crippen molar-refractivity contribution in [3.63, 3.8) is 0 Å². The third-order valence-corrected chi connectivity index (χ3v) is 7.67. The van der Waals surface area contributed by atoms with Gasteiger partial charge in [-0.15, -0.1) is 5.10 Å². The average Bonchev–Trinajstić information content (AvgIpc) is 3.35. The van der Waals surface area contributed by atoms with Crippen molar-refractivity contribution >= 4 is 6.08 Å². The minimum absolute atomic E-state index is 0.0809. The van der Waals surface area contributed by atoms with Crippen molar-refractivity contribution in [2.45, 2.75) is 51.5 Å². The Morgan fingerprint density at radius 1 is 0.853 bits per heavy atom. The van der Waals surface area contributed by atoms with E-state index in [9.17, 15) is 0 Å². The van der Waals surface area contributed by atoms with E-state index in [0.717, 1.165) is 57.1 Å². The van der Waals surface area contributed by atoms with Gasteiger partial charge in [0.1, 0.15) is 0 Å². The van der Waals surface area contributed by atoms with Crippen LogP contribution in [-0.2, 0) is 5.54 Å². The number of tetrazole rings is 1. The van der Waals surface area contributed by atoms with Crippen LogP contribution in [0.15, 0.2) is 54.6 Å². The molecule has 2 aliphatic rings. The number of hydrogen-bond acceptors (Lipinski definition) is 5. The minimum atomic E-state index is -0.0809. The molecule has 0 atom stereocenters. The fourth-order valence-corrected chi connectivity index (χ4v) is 5.85. The van der Waals surface area contributed by atoms with Gasteiger partial charge in [-0.05, 0) is 53.8 Å². The van der Waals surface area contributed by atoms with E-state index in [4.69, 9.17) is 0 Å². The Bertz CT molecular complexity index is 1080. The van der Waals surface area contributed by atoms with E-state index in [0.29, 0.717) is 0 Å². The van der Waals surface area contributed by atoms with Crippen LogP contribution in [0.2, 0.25) is 0 Å². The molecular weight excluding hydrogens is 420 g/mol. The number of benzene rings is 2. The minimum Gasteiger partial charge on any atom is -0.297 e. The van der Waals surface area contributed by atoms with Crippen molar-refractivity contribution in [3.8, 4) is 5.69 Å². The Balaban J connectivity index is 1.35. The lowest BCUT2D eigenvalue weighted by Gasteiger charge is -2.48. The van der Waals surface area contributed by atoms with Crippen molar-refractivity contribution in [1.29, 1.82) is 0 Å². The number of rotatable bonds is 6. The molecule has 1 aliphatic carbocycles. The van der Waals surface area contributed by atoms with Gasteiger partial charge in [-0.3, -0.25) is 9.80 Å². The summed E-state index contributed by atoms with van der Waals surface area (Å²) in [6.45, 7) is 9.57. The van der Waals surface area contributed by atoms with Crippen LogP contribution >= 0.6 is 0 Å². The summed E-state index contributed by atoms with van der Waals surface area (Å²) in [5.41, 5.74) is 4.75. The van der Waals surface area contributed by atoms with Crippen LogP contribution < -0.4 is 0 Å². The summed E-state index contributed by atoms with van der Waals surface area (Å²) in [5, 5.41) is 13.4. The van der Waals surface area contributed by atoms with E-state index in [1.165, 1.54) is 36.0 Å². The Morgan fingerprint density at radius 3 is 2.26 bits per heavy atom. The quantitative estimate of drug-likeness (QED) is 0.535. The summed E-state index contributed by atoms with van der Waals surface area (Å²) in [6, 6.07) is 17.0. The highest BCUT2D eigenvalue weighted by Crippen LogP contribution is 2.42. The van der Waals surface area contributed by atoms with E-state index in [2.05, 4.69) is 99.9 Å². The molecular formula is C28H36N6. The Kier molecular flexibility index (Phi) is 6.88. The maximum Gasteiger partial charge on any atom is 0.176 e. The molecule has 0 bridgehead atoms. The third-order valence-electron chi connectivity index (χ3n) is 7.67. The van der Waals surface area contributed by atoms with Crippen LogP contribution in [0.5, 0.6) is 0 Å². The second kappa shape index (κ2) is 10.2. The monoisotopic (exact) mass is 456 g/mol. The van der Waals surface area contributed by atoms with Crippen LogP contribution in [0.4, 0.5) is 0 Å². The van der Waals surface area contributed by atoms with Gasteiger partial charge in [0.05, 0.1) is 11.2 Å². The van der Waals surface area contributed by atoms with Gasteiger partial charge in [0.25, 0.3) is 0 Å². The molecule has 0 N–H and O–H groups in total. The van der Waals surface area contributed by atoms with E-state index in [1.807, 2.05) is 4.68 Å². The van der Waals surface area contributed by atoms with Crippen LogP contribution in [0.3, 0.4) is 0 Å². The summed E-state index contributed by atoms with van der Waals surface area (Å²) < 4.78 is 2.05. The maximum atomic E-state index is 4.68. The van der Waals surface area contributed by atoms with Gasteiger partial charge in [-0.25, -0.2) is 0 Å². The zero-order valence-corrected chi connectivity index (χ0v) is 20.5. The highest BCUT2D eigenvalue weighted by Gasteiger charge is 2.45. The largest absolute Gasteiger partial charge is 0.297 e. The molecule has 178 valence electrons. The number of hydrogen-bond donors (Lipinski definition) is 0. The van der Waals surface area contributed by atoms with Gasteiger partial charge in [0.15, 0.2) is 5.82 Å². The number of aryl methyl sites for hydroxylation is 2. The molecule has 3 aromatic rings. The summed E-state index contributed by atoms with van der Waals surface area (Å²) in [6.07, 6.45) is 10.6. The molecule has 0 spiro atoms. The molecule has 0 amide bonds. The number of piperazine rings is 1. The maximum absolute atomic E-state index is 4.68. The first-order valence-corrected chi connectivity index (χ1v) is 12.7. The molecule has 1 saturated heterocycles. The third kappa shape index (κ3) is 4.57. The van der Waals surface area contributed by atoms with Crippen LogP contribution in [-0.4, -0.2) is 62.7 Å². The first kappa shape index (κ1) is 22.9. The Labute approximate surface area is 203 Å². The predicted molar refractivity (Wildman–Crippen MR) is 137 cm³/mol. The van der Waals surface area contributed by atoms with E-state index < -0.39 is 0 Å². The molecule has 1 aliphatic heterocycles. The Hall–Kier alpha value is -2.83. The summed E-state index contributed by atoms with van der Waals surface area (Å²) in [4.78, 5) is 5.25. The molecule has 2 aromatic carbocycles. The molecule has 1 saturated carbocycles.